The van der Waals surface area contributed by atoms with Gasteiger partial charge in [-0.05, 0) is 24.3 Å². The minimum absolute atomic E-state index is 0.130. The number of nitrogens with one attached hydrogen (secondary N) is 1. The molecule has 0 aliphatic heterocycles. The van der Waals surface area contributed by atoms with E-state index >= 15 is 0 Å². The van der Waals surface area contributed by atoms with Gasteiger partial charge < -0.3 is 9.72 Å². The van der Waals surface area contributed by atoms with E-state index in [1.807, 2.05) is 28.8 Å². The first-order valence-corrected chi connectivity index (χ1v) is 5.94. The van der Waals surface area contributed by atoms with Crippen molar-refractivity contribution in [2.45, 2.75) is 6.54 Å². The average molecular weight is 252 g/mol. The summed E-state index contributed by atoms with van der Waals surface area (Å²) >= 11 is 0. The summed E-state index contributed by atoms with van der Waals surface area (Å²) in [5, 5.41) is 2.84. The molecule has 0 fully saturated rings. The van der Waals surface area contributed by atoms with Crippen LogP contribution in [0, 0.1) is 0 Å². The molecule has 94 valence electrons. The average Bonchev–Trinajstić information content (AvgIpc) is 2.89. The Morgan fingerprint density at radius 1 is 1.21 bits per heavy atom. The van der Waals surface area contributed by atoms with Gasteiger partial charge in [-0.3, -0.25) is 9.78 Å². The van der Waals surface area contributed by atoms with Crippen LogP contribution in [0.3, 0.4) is 0 Å². The number of hydrogen-bond acceptors (Lipinski definition) is 3. The lowest BCUT2D eigenvalue weighted by atomic mass is 10.2. The van der Waals surface area contributed by atoms with Crippen molar-refractivity contribution in [3.8, 4) is 0 Å². The predicted octanol–water partition coefficient (Wildman–Crippen LogP) is 1.66. The minimum Gasteiger partial charge on any atom is -0.345 e. The maximum atomic E-state index is 11.9. The van der Waals surface area contributed by atoms with Crippen molar-refractivity contribution in [3.63, 3.8) is 0 Å². The van der Waals surface area contributed by atoms with E-state index in [1.165, 1.54) is 0 Å². The summed E-state index contributed by atoms with van der Waals surface area (Å²) in [6.45, 7) is 0.388. The molecular formula is C14H12N4O. The lowest BCUT2D eigenvalue weighted by Crippen LogP contribution is -2.23. The Morgan fingerprint density at radius 3 is 2.89 bits per heavy atom. The molecule has 1 N–H and O–H groups in total. The van der Waals surface area contributed by atoms with Gasteiger partial charge in [0.05, 0.1) is 18.3 Å². The minimum atomic E-state index is -0.130. The number of nitrogens with zero attached hydrogens (tertiary/aromatic N) is 3. The zero-order valence-electron chi connectivity index (χ0n) is 10.2. The molecule has 0 saturated heterocycles. The Morgan fingerprint density at radius 2 is 2.05 bits per heavy atom. The van der Waals surface area contributed by atoms with Gasteiger partial charge in [0.25, 0.3) is 5.91 Å². The third kappa shape index (κ3) is 2.30. The number of rotatable bonds is 3. The highest BCUT2D eigenvalue weighted by atomic mass is 16.1. The smallest absolute Gasteiger partial charge is 0.251 e. The van der Waals surface area contributed by atoms with E-state index in [0.717, 1.165) is 11.3 Å². The fourth-order valence-corrected chi connectivity index (χ4v) is 1.89. The standard InChI is InChI=1S/C14H12N4O/c19-14(11-4-6-15-7-5-11)17-10-13-16-9-12-3-1-2-8-18(12)13/h1-9H,10H2,(H,17,19). The maximum absolute atomic E-state index is 11.9. The summed E-state index contributed by atoms with van der Waals surface area (Å²) in [6.07, 6.45) is 6.91. The van der Waals surface area contributed by atoms with Crippen LogP contribution in [-0.4, -0.2) is 20.3 Å². The summed E-state index contributed by atoms with van der Waals surface area (Å²) in [7, 11) is 0. The van der Waals surface area contributed by atoms with Crippen molar-refractivity contribution in [1.82, 2.24) is 19.7 Å². The van der Waals surface area contributed by atoms with Crippen molar-refractivity contribution in [3.05, 3.63) is 66.5 Å². The molecule has 0 saturated carbocycles. The summed E-state index contributed by atoms with van der Waals surface area (Å²) in [5.74, 6) is 0.674. The number of carbonyl (C=O) groups excluding carboxylic acids is 1. The van der Waals surface area contributed by atoms with Gasteiger partial charge in [-0.2, -0.15) is 0 Å². The van der Waals surface area contributed by atoms with Gasteiger partial charge in [-0.1, -0.05) is 6.07 Å². The van der Waals surface area contributed by atoms with Gasteiger partial charge in [0.1, 0.15) is 5.82 Å². The molecule has 3 heterocycles. The molecule has 0 aromatic carbocycles. The lowest BCUT2D eigenvalue weighted by molar-refractivity contribution is 0.0949. The highest BCUT2D eigenvalue weighted by molar-refractivity contribution is 5.93. The molecule has 5 nitrogen and oxygen atoms in total. The van der Waals surface area contributed by atoms with E-state index in [4.69, 9.17) is 0 Å². The number of amides is 1. The van der Waals surface area contributed by atoms with Gasteiger partial charge >= 0.3 is 0 Å². The predicted molar refractivity (Wildman–Crippen MR) is 70.6 cm³/mol. The monoisotopic (exact) mass is 252 g/mol. The Hall–Kier alpha value is -2.69. The van der Waals surface area contributed by atoms with Crippen LogP contribution in [0.5, 0.6) is 0 Å². The third-order valence-electron chi connectivity index (χ3n) is 2.86. The lowest BCUT2D eigenvalue weighted by Gasteiger charge is -2.04. The van der Waals surface area contributed by atoms with Crippen molar-refractivity contribution in [2.24, 2.45) is 0 Å². The fraction of sp³-hybridized carbons (Fsp3) is 0.0714. The second-order valence-corrected chi connectivity index (χ2v) is 4.09. The number of imidazole rings is 1. The Balaban J connectivity index is 1.75. The highest BCUT2D eigenvalue weighted by Crippen LogP contribution is 2.06. The summed E-state index contributed by atoms with van der Waals surface area (Å²) in [4.78, 5) is 20.1. The second-order valence-electron chi connectivity index (χ2n) is 4.09. The molecule has 0 spiro atoms. The van der Waals surface area contributed by atoms with E-state index in [0.29, 0.717) is 12.1 Å². The van der Waals surface area contributed by atoms with Crippen LogP contribution < -0.4 is 5.32 Å². The quantitative estimate of drug-likeness (QED) is 0.771. The molecule has 0 bridgehead atoms. The van der Waals surface area contributed by atoms with Crippen LogP contribution in [0.15, 0.2) is 55.1 Å². The highest BCUT2D eigenvalue weighted by Gasteiger charge is 2.07. The summed E-state index contributed by atoms with van der Waals surface area (Å²) < 4.78 is 1.95. The Bertz CT molecular complexity index is 706. The first kappa shape index (κ1) is 11.4. The molecule has 5 heteroatoms. The van der Waals surface area contributed by atoms with E-state index in [-0.39, 0.29) is 5.91 Å². The Kier molecular flexibility index (Phi) is 2.94. The topological polar surface area (TPSA) is 59.3 Å². The van der Waals surface area contributed by atoms with Crippen LogP contribution in [0.1, 0.15) is 16.2 Å². The van der Waals surface area contributed by atoms with Gasteiger partial charge in [-0.25, -0.2) is 4.98 Å². The molecule has 19 heavy (non-hydrogen) atoms. The Labute approximate surface area is 109 Å². The molecule has 1 amide bonds. The molecule has 0 radical (unpaired) electrons. The molecule has 0 aliphatic carbocycles. The largest absolute Gasteiger partial charge is 0.345 e. The first-order chi connectivity index (χ1) is 9.34. The number of hydrogen-bond donors (Lipinski definition) is 1. The molecular weight excluding hydrogens is 240 g/mol. The maximum Gasteiger partial charge on any atom is 0.251 e. The van der Waals surface area contributed by atoms with Crippen molar-refractivity contribution in [2.75, 3.05) is 0 Å². The second kappa shape index (κ2) is 4.89. The SMILES string of the molecule is O=C(NCc1ncc2ccccn12)c1ccncc1. The summed E-state index contributed by atoms with van der Waals surface area (Å²) in [6, 6.07) is 9.22. The van der Waals surface area contributed by atoms with Crippen molar-refractivity contribution < 1.29 is 4.79 Å². The van der Waals surface area contributed by atoms with E-state index in [2.05, 4.69) is 15.3 Å². The van der Waals surface area contributed by atoms with Gasteiger partial charge in [0, 0.05) is 24.2 Å². The number of carbonyl (C=O) groups is 1. The molecule has 0 unspecified atom stereocenters. The van der Waals surface area contributed by atoms with Gasteiger partial charge in [0.2, 0.25) is 0 Å². The molecule has 3 aromatic heterocycles. The number of fused-ring (bicyclic) bond motifs is 1. The molecule has 3 aromatic rings. The van der Waals surface area contributed by atoms with E-state index in [9.17, 15) is 4.79 Å². The van der Waals surface area contributed by atoms with Crippen LogP contribution in [-0.2, 0) is 6.54 Å². The van der Waals surface area contributed by atoms with Gasteiger partial charge in [0.15, 0.2) is 0 Å². The van der Waals surface area contributed by atoms with Crippen LogP contribution >= 0.6 is 0 Å². The van der Waals surface area contributed by atoms with Gasteiger partial charge in [-0.15, -0.1) is 0 Å². The normalized spacial score (nSPS) is 10.5. The van der Waals surface area contributed by atoms with Crippen LogP contribution in [0.4, 0.5) is 0 Å². The molecule has 0 aliphatic rings. The third-order valence-corrected chi connectivity index (χ3v) is 2.86. The summed E-state index contributed by atoms with van der Waals surface area (Å²) in [5.41, 5.74) is 1.60. The fourth-order valence-electron chi connectivity index (χ4n) is 1.89. The zero-order valence-corrected chi connectivity index (χ0v) is 10.2. The van der Waals surface area contributed by atoms with E-state index in [1.54, 1.807) is 30.7 Å². The molecule has 0 atom stereocenters. The first-order valence-electron chi connectivity index (χ1n) is 5.94. The zero-order chi connectivity index (χ0) is 13.1. The number of aromatic nitrogens is 3. The van der Waals surface area contributed by atoms with Crippen LogP contribution in [0.25, 0.3) is 5.52 Å². The molecule has 3 rings (SSSR count). The van der Waals surface area contributed by atoms with Crippen molar-refractivity contribution >= 4 is 11.4 Å². The van der Waals surface area contributed by atoms with E-state index < -0.39 is 0 Å². The van der Waals surface area contributed by atoms with Crippen molar-refractivity contribution in [1.29, 1.82) is 0 Å². The number of pyridine rings is 2. The van der Waals surface area contributed by atoms with Crippen LogP contribution in [0.2, 0.25) is 0 Å².